The van der Waals surface area contributed by atoms with Gasteiger partial charge >= 0.3 is 12.0 Å². The fourth-order valence-corrected chi connectivity index (χ4v) is 1.65. The quantitative estimate of drug-likeness (QED) is 0.779. The van der Waals surface area contributed by atoms with Gasteiger partial charge < -0.3 is 15.8 Å². The van der Waals surface area contributed by atoms with Crippen LogP contribution in [0.5, 0.6) is 0 Å². The SMILES string of the molecule is CC(=O)COC(=O)C[C@@H](NC(N)=O)c1ccc(Cl)cc1. The maximum absolute atomic E-state index is 11.6. The van der Waals surface area contributed by atoms with Crippen LogP contribution in [0, 0.1) is 0 Å². The van der Waals surface area contributed by atoms with Crippen LogP contribution in [0.4, 0.5) is 4.79 Å². The van der Waals surface area contributed by atoms with E-state index in [4.69, 9.17) is 22.1 Å². The molecule has 0 spiro atoms. The van der Waals surface area contributed by atoms with E-state index in [2.05, 4.69) is 5.32 Å². The zero-order chi connectivity index (χ0) is 15.1. The van der Waals surface area contributed by atoms with E-state index < -0.39 is 18.0 Å². The summed E-state index contributed by atoms with van der Waals surface area (Å²) < 4.78 is 4.75. The van der Waals surface area contributed by atoms with Crippen molar-refractivity contribution in [3.63, 3.8) is 0 Å². The van der Waals surface area contributed by atoms with Gasteiger partial charge in [0.05, 0.1) is 12.5 Å². The minimum Gasteiger partial charge on any atom is -0.458 e. The van der Waals surface area contributed by atoms with Gasteiger partial charge in [-0.05, 0) is 24.6 Å². The van der Waals surface area contributed by atoms with Crippen molar-refractivity contribution >= 4 is 29.4 Å². The molecule has 0 heterocycles. The lowest BCUT2D eigenvalue weighted by Gasteiger charge is -2.17. The molecule has 0 aromatic heterocycles. The third-order valence-electron chi connectivity index (χ3n) is 2.40. The molecule has 108 valence electrons. The van der Waals surface area contributed by atoms with Gasteiger partial charge in [0.25, 0.3) is 0 Å². The van der Waals surface area contributed by atoms with E-state index in [1.807, 2.05) is 0 Å². The Morgan fingerprint density at radius 3 is 2.40 bits per heavy atom. The van der Waals surface area contributed by atoms with Crippen molar-refractivity contribution in [2.24, 2.45) is 5.73 Å². The number of urea groups is 1. The standard InChI is InChI=1S/C13H15ClN2O4/c1-8(17)7-20-12(18)6-11(16-13(15)19)9-2-4-10(14)5-3-9/h2-5,11H,6-7H2,1H3,(H3,15,16,19)/t11-/m1/s1. The monoisotopic (exact) mass is 298 g/mol. The number of esters is 1. The van der Waals surface area contributed by atoms with E-state index in [0.29, 0.717) is 10.6 Å². The molecule has 20 heavy (non-hydrogen) atoms. The number of amides is 2. The van der Waals surface area contributed by atoms with E-state index in [0.717, 1.165) is 0 Å². The number of hydrogen-bond donors (Lipinski definition) is 2. The van der Waals surface area contributed by atoms with Gasteiger partial charge in [-0.1, -0.05) is 23.7 Å². The first-order chi connectivity index (χ1) is 9.38. The van der Waals surface area contributed by atoms with E-state index in [9.17, 15) is 14.4 Å². The minimum atomic E-state index is -0.760. The highest BCUT2D eigenvalue weighted by atomic mass is 35.5. The second-order valence-corrected chi connectivity index (χ2v) is 4.62. The molecule has 1 atom stereocenters. The lowest BCUT2D eigenvalue weighted by atomic mass is 10.0. The Morgan fingerprint density at radius 1 is 1.30 bits per heavy atom. The normalized spacial score (nSPS) is 11.5. The largest absolute Gasteiger partial charge is 0.458 e. The molecule has 7 heteroatoms. The Balaban J connectivity index is 2.74. The molecule has 6 nitrogen and oxygen atoms in total. The van der Waals surface area contributed by atoms with Gasteiger partial charge in [-0.25, -0.2) is 4.79 Å². The Bertz CT molecular complexity index is 502. The summed E-state index contributed by atoms with van der Waals surface area (Å²) in [5.74, 6) is -0.863. The Morgan fingerprint density at radius 2 is 1.90 bits per heavy atom. The van der Waals surface area contributed by atoms with Gasteiger partial charge in [0.15, 0.2) is 5.78 Å². The summed E-state index contributed by atoms with van der Waals surface area (Å²) in [5, 5.41) is 2.98. The third-order valence-corrected chi connectivity index (χ3v) is 2.65. The maximum atomic E-state index is 11.6. The highest BCUT2D eigenvalue weighted by Gasteiger charge is 2.18. The number of ether oxygens (including phenoxy) is 1. The van der Waals surface area contributed by atoms with Gasteiger partial charge in [0.2, 0.25) is 0 Å². The van der Waals surface area contributed by atoms with Crippen LogP contribution in [0.1, 0.15) is 24.9 Å². The highest BCUT2D eigenvalue weighted by molar-refractivity contribution is 6.30. The zero-order valence-corrected chi connectivity index (χ0v) is 11.6. The zero-order valence-electron chi connectivity index (χ0n) is 10.9. The first-order valence-electron chi connectivity index (χ1n) is 5.85. The second-order valence-electron chi connectivity index (χ2n) is 4.18. The fourth-order valence-electron chi connectivity index (χ4n) is 1.53. The summed E-state index contributed by atoms with van der Waals surface area (Å²) in [6.45, 7) is 1.02. The van der Waals surface area contributed by atoms with Crippen molar-refractivity contribution in [1.82, 2.24) is 5.32 Å². The summed E-state index contributed by atoms with van der Waals surface area (Å²) in [6, 6.07) is 5.21. The predicted octanol–water partition coefficient (Wildman–Crippen LogP) is 1.57. The predicted molar refractivity (Wildman–Crippen MR) is 73.2 cm³/mol. The van der Waals surface area contributed by atoms with E-state index in [1.165, 1.54) is 6.92 Å². The van der Waals surface area contributed by atoms with Crippen LogP contribution < -0.4 is 11.1 Å². The second kappa shape index (κ2) is 7.49. The molecule has 0 saturated carbocycles. The van der Waals surface area contributed by atoms with Crippen molar-refractivity contribution in [3.05, 3.63) is 34.9 Å². The van der Waals surface area contributed by atoms with Gasteiger partial charge in [-0.2, -0.15) is 0 Å². The van der Waals surface area contributed by atoms with Gasteiger partial charge in [-0.3, -0.25) is 9.59 Å². The molecule has 1 aromatic rings. The number of nitrogens with two attached hydrogens (primary N) is 1. The van der Waals surface area contributed by atoms with Crippen LogP contribution >= 0.6 is 11.6 Å². The molecule has 2 amide bonds. The number of benzene rings is 1. The van der Waals surface area contributed by atoms with Crippen LogP contribution in [0.2, 0.25) is 5.02 Å². The summed E-state index contributed by atoms with van der Waals surface area (Å²) in [6.07, 6.45) is -0.127. The molecule has 0 fully saturated rings. The number of carbonyl (C=O) groups is 3. The molecular weight excluding hydrogens is 284 g/mol. The first-order valence-corrected chi connectivity index (χ1v) is 6.22. The number of carbonyl (C=O) groups excluding carboxylic acids is 3. The molecule has 0 aliphatic rings. The lowest BCUT2D eigenvalue weighted by Crippen LogP contribution is -2.34. The van der Waals surface area contributed by atoms with Crippen molar-refractivity contribution in [3.8, 4) is 0 Å². The molecule has 0 bridgehead atoms. The molecule has 0 aliphatic heterocycles. The smallest absolute Gasteiger partial charge is 0.312 e. The number of hydrogen-bond acceptors (Lipinski definition) is 4. The molecule has 0 aliphatic carbocycles. The maximum Gasteiger partial charge on any atom is 0.312 e. The van der Waals surface area contributed by atoms with E-state index in [1.54, 1.807) is 24.3 Å². The van der Waals surface area contributed by atoms with Gasteiger partial charge in [0.1, 0.15) is 6.61 Å². The van der Waals surface area contributed by atoms with Crippen LogP contribution in [-0.2, 0) is 14.3 Å². The number of nitrogens with one attached hydrogen (secondary N) is 1. The molecule has 0 saturated heterocycles. The average Bonchev–Trinajstić information content (AvgIpc) is 2.36. The summed E-state index contributed by atoms with van der Waals surface area (Å²) in [7, 11) is 0. The Kier molecular flexibility index (Phi) is 5.99. The van der Waals surface area contributed by atoms with Crippen molar-refractivity contribution < 1.29 is 19.1 Å². The summed E-state index contributed by atoms with van der Waals surface area (Å²) in [5.41, 5.74) is 5.74. The number of primary amides is 1. The number of halogens is 1. The average molecular weight is 299 g/mol. The van der Waals surface area contributed by atoms with Crippen molar-refractivity contribution in [2.75, 3.05) is 6.61 Å². The molecule has 1 rings (SSSR count). The highest BCUT2D eigenvalue weighted by Crippen LogP contribution is 2.19. The van der Waals surface area contributed by atoms with Gasteiger partial charge in [0, 0.05) is 5.02 Å². The van der Waals surface area contributed by atoms with Crippen molar-refractivity contribution in [1.29, 1.82) is 0 Å². The lowest BCUT2D eigenvalue weighted by molar-refractivity contribution is -0.148. The number of rotatable bonds is 6. The van der Waals surface area contributed by atoms with Crippen LogP contribution in [0.15, 0.2) is 24.3 Å². The van der Waals surface area contributed by atoms with Crippen molar-refractivity contribution in [2.45, 2.75) is 19.4 Å². The van der Waals surface area contributed by atoms with E-state index >= 15 is 0 Å². The molecule has 1 aromatic carbocycles. The number of Topliss-reactive ketones (excluding diaryl/α,β-unsaturated/α-hetero) is 1. The van der Waals surface area contributed by atoms with Gasteiger partial charge in [-0.15, -0.1) is 0 Å². The van der Waals surface area contributed by atoms with Crippen LogP contribution in [0.25, 0.3) is 0 Å². The van der Waals surface area contributed by atoms with Crippen LogP contribution in [0.3, 0.4) is 0 Å². The molecule has 0 unspecified atom stereocenters. The Labute approximate surface area is 121 Å². The Hall–Kier alpha value is -2.08. The molecular formula is C13H15ClN2O4. The number of ketones is 1. The summed E-state index contributed by atoms with van der Waals surface area (Å²) >= 11 is 5.77. The van der Waals surface area contributed by atoms with E-state index in [-0.39, 0.29) is 18.8 Å². The van der Waals surface area contributed by atoms with Crippen LogP contribution in [-0.4, -0.2) is 24.4 Å². The minimum absolute atomic E-state index is 0.127. The molecule has 0 radical (unpaired) electrons. The molecule has 3 N–H and O–H groups in total. The fraction of sp³-hybridized carbons (Fsp3) is 0.308. The summed E-state index contributed by atoms with van der Waals surface area (Å²) in [4.78, 5) is 33.3. The first kappa shape index (κ1) is 16.0. The third kappa shape index (κ3) is 5.71. The topological polar surface area (TPSA) is 98.5 Å².